The Morgan fingerprint density at radius 1 is 1.58 bits per heavy atom. The Hall–Kier alpha value is -1.84. The first-order valence-electron chi connectivity index (χ1n) is 5.37. The van der Waals surface area contributed by atoms with Gasteiger partial charge >= 0.3 is 5.69 Å². The molecule has 0 fully saturated rings. The number of anilines is 1. The second-order valence-corrected chi connectivity index (χ2v) is 4.63. The number of hydrogen-bond donors (Lipinski definition) is 1. The van der Waals surface area contributed by atoms with Gasteiger partial charge in [0, 0.05) is 6.07 Å². The van der Waals surface area contributed by atoms with Crippen molar-refractivity contribution in [3.05, 3.63) is 31.9 Å². The van der Waals surface area contributed by atoms with E-state index in [2.05, 4.69) is 5.16 Å². The van der Waals surface area contributed by atoms with Crippen LogP contribution in [0.5, 0.6) is 5.75 Å². The lowest BCUT2D eigenvalue weighted by atomic mass is 10.1. The molecule has 7 nitrogen and oxygen atoms in total. The molecule has 8 heteroatoms. The average molecular weight is 375 g/mol. The Bertz CT molecular complexity index is 626. The van der Waals surface area contributed by atoms with E-state index in [4.69, 9.17) is 15.0 Å². The fraction of sp³-hybridized carbons (Fsp3) is 0.182. The molecule has 0 unspecified atom stereocenters. The first kappa shape index (κ1) is 13.6. The lowest BCUT2D eigenvalue weighted by Crippen LogP contribution is -1.99. The fourth-order valence-corrected chi connectivity index (χ4v) is 2.09. The average Bonchev–Trinajstić information content (AvgIpc) is 2.70. The van der Waals surface area contributed by atoms with Crippen LogP contribution in [0.15, 0.2) is 22.7 Å². The predicted octanol–water partition coefficient (Wildman–Crippen LogP) is 2.84. The molecule has 100 valence electrons. The number of hydrogen-bond acceptors (Lipinski definition) is 6. The number of aromatic nitrogens is 1. The van der Waals surface area contributed by atoms with Crippen molar-refractivity contribution in [1.29, 1.82) is 0 Å². The Labute approximate surface area is 122 Å². The Morgan fingerprint density at radius 3 is 2.84 bits per heavy atom. The van der Waals surface area contributed by atoms with Gasteiger partial charge in [-0.1, -0.05) is 11.2 Å². The Kier molecular flexibility index (Phi) is 3.88. The van der Waals surface area contributed by atoms with Gasteiger partial charge in [0.05, 0.1) is 17.1 Å². The zero-order valence-corrected chi connectivity index (χ0v) is 12.1. The highest BCUT2D eigenvalue weighted by atomic mass is 127. The van der Waals surface area contributed by atoms with E-state index in [1.165, 1.54) is 6.07 Å². The summed E-state index contributed by atoms with van der Waals surface area (Å²) in [5, 5.41) is 14.7. The number of nitrogen functional groups attached to an aromatic ring is 1. The van der Waals surface area contributed by atoms with Gasteiger partial charge in [0.25, 0.3) is 0 Å². The molecular weight excluding hydrogens is 365 g/mol. The molecule has 0 amide bonds. The van der Waals surface area contributed by atoms with Gasteiger partial charge in [-0.15, -0.1) is 0 Å². The van der Waals surface area contributed by atoms with Gasteiger partial charge in [-0.25, -0.2) is 0 Å². The van der Waals surface area contributed by atoms with E-state index in [0.29, 0.717) is 21.5 Å². The topological polar surface area (TPSA) is 104 Å². The van der Waals surface area contributed by atoms with Crippen LogP contribution >= 0.6 is 22.6 Å². The van der Waals surface area contributed by atoms with Crippen molar-refractivity contribution >= 4 is 34.1 Å². The molecule has 0 aliphatic heterocycles. The molecule has 19 heavy (non-hydrogen) atoms. The molecule has 0 bridgehead atoms. The summed E-state index contributed by atoms with van der Waals surface area (Å²) in [5.74, 6) is 0.763. The number of benzene rings is 1. The molecule has 0 radical (unpaired) electrons. The summed E-state index contributed by atoms with van der Waals surface area (Å²) < 4.78 is 11.1. The molecule has 1 heterocycles. The first-order valence-corrected chi connectivity index (χ1v) is 6.45. The van der Waals surface area contributed by atoms with Gasteiger partial charge < -0.3 is 15.0 Å². The minimum atomic E-state index is -0.499. The lowest BCUT2D eigenvalue weighted by Gasteiger charge is -2.08. The van der Waals surface area contributed by atoms with E-state index in [0.717, 1.165) is 0 Å². The molecule has 0 saturated heterocycles. The molecule has 2 aromatic rings. The van der Waals surface area contributed by atoms with E-state index in [9.17, 15) is 10.1 Å². The summed E-state index contributed by atoms with van der Waals surface area (Å²) in [6.45, 7) is 2.05. The van der Waals surface area contributed by atoms with E-state index in [1.54, 1.807) is 19.1 Å². The van der Waals surface area contributed by atoms with Gasteiger partial charge in [0.1, 0.15) is 3.57 Å². The Balaban J connectivity index is 2.66. The van der Waals surface area contributed by atoms with Gasteiger partial charge in [-0.05, 0) is 35.6 Å². The maximum atomic E-state index is 11.0. The maximum Gasteiger partial charge on any atom is 0.311 e. The Morgan fingerprint density at radius 2 is 2.32 bits per heavy atom. The van der Waals surface area contributed by atoms with E-state index >= 15 is 0 Å². The smallest absolute Gasteiger partial charge is 0.311 e. The van der Waals surface area contributed by atoms with Crippen molar-refractivity contribution in [2.24, 2.45) is 0 Å². The monoisotopic (exact) mass is 375 g/mol. The number of halogens is 1. The number of nitrogens with two attached hydrogens (primary N) is 1. The molecule has 1 aromatic carbocycles. The zero-order valence-electron chi connectivity index (χ0n) is 9.92. The number of ether oxygens (including phenoxy) is 1. The van der Waals surface area contributed by atoms with E-state index in [-0.39, 0.29) is 17.3 Å². The van der Waals surface area contributed by atoms with Crippen LogP contribution in [0.2, 0.25) is 0 Å². The minimum absolute atomic E-state index is 0.120. The van der Waals surface area contributed by atoms with Crippen molar-refractivity contribution in [2.45, 2.75) is 6.92 Å². The van der Waals surface area contributed by atoms with Crippen molar-refractivity contribution in [3.63, 3.8) is 0 Å². The molecule has 0 spiro atoms. The molecule has 2 N–H and O–H groups in total. The number of nitrogens with zero attached hydrogens (tertiary/aromatic N) is 2. The third-order valence-electron chi connectivity index (χ3n) is 2.38. The fourth-order valence-electron chi connectivity index (χ4n) is 1.60. The summed E-state index contributed by atoms with van der Waals surface area (Å²) in [6, 6.07) is 4.60. The molecule has 0 atom stereocenters. The van der Waals surface area contributed by atoms with Crippen LogP contribution in [0.25, 0.3) is 11.3 Å². The summed E-state index contributed by atoms with van der Waals surface area (Å²) in [4.78, 5) is 10.5. The van der Waals surface area contributed by atoms with Crippen LogP contribution in [0.1, 0.15) is 6.92 Å². The summed E-state index contributed by atoms with van der Waals surface area (Å²) in [6.07, 6.45) is 0. The molecule has 2 rings (SSSR count). The van der Waals surface area contributed by atoms with Crippen LogP contribution < -0.4 is 10.5 Å². The van der Waals surface area contributed by atoms with Gasteiger partial charge in [-0.3, -0.25) is 10.1 Å². The first-order chi connectivity index (χ1) is 9.06. The maximum absolute atomic E-state index is 11.0. The van der Waals surface area contributed by atoms with Crippen LogP contribution in [0, 0.1) is 13.7 Å². The number of nitro benzene ring substituents is 1. The van der Waals surface area contributed by atoms with Gasteiger partial charge in [0.2, 0.25) is 5.75 Å². The van der Waals surface area contributed by atoms with Crippen LogP contribution in [0.3, 0.4) is 0 Å². The van der Waals surface area contributed by atoms with E-state index in [1.807, 2.05) is 22.6 Å². The minimum Gasteiger partial charge on any atom is -0.487 e. The second-order valence-electron chi connectivity index (χ2n) is 3.55. The van der Waals surface area contributed by atoms with Gasteiger partial charge in [-0.2, -0.15) is 0 Å². The summed E-state index contributed by atoms with van der Waals surface area (Å²) >= 11 is 1.97. The van der Waals surface area contributed by atoms with Crippen molar-refractivity contribution in [1.82, 2.24) is 5.16 Å². The SMILES string of the molecule is CCOc1c(-c2onc(N)c2I)cccc1[N+](=O)[O-]. The molecule has 1 aromatic heterocycles. The molecule has 0 aliphatic carbocycles. The summed E-state index contributed by atoms with van der Waals surface area (Å²) in [5.41, 5.74) is 5.96. The number of rotatable bonds is 4. The zero-order chi connectivity index (χ0) is 14.0. The van der Waals surface area contributed by atoms with Gasteiger partial charge in [0.15, 0.2) is 11.6 Å². The molecular formula is C11H10IN3O4. The number of para-hydroxylation sites is 1. The van der Waals surface area contributed by atoms with Crippen molar-refractivity contribution in [3.8, 4) is 17.1 Å². The molecule has 0 saturated carbocycles. The van der Waals surface area contributed by atoms with Crippen molar-refractivity contribution in [2.75, 3.05) is 12.3 Å². The predicted molar refractivity (Wildman–Crippen MR) is 76.9 cm³/mol. The van der Waals surface area contributed by atoms with E-state index < -0.39 is 4.92 Å². The summed E-state index contributed by atoms with van der Waals surface area (Å²) in [7, 11) is 0. The van der Waals surface area contributed by atoms with Crippen LogP contribution in [-0.2, 0) is 0 Å². The number of nitro groups is 1. The second kappa shape index (κ2) is 5.43. The quantitative estimate of drug-likeness (QED) is 0.501. The normalized spacial score (nSPS) is 10.4. The third-order valence-corrected chi connectivity index (χ3v) is 3.43. The molecule has 0 aliphatic rings. The highest BCUT2D eigenvalue weighted by molar-refractivity contribution is 14.1. The standard InChI is InChI=1S/C11H10IN3O4/c1-2-18-9-6(4-3-5-7(9)15(16)17)10-8(12)11(13)14-19-10/h3-5H,2H2,1H3,(H2,13,14). The highest BCUT2D eigenvalue weighted by Crippen LogP contribution is 2.40. The van der Waals surface area contributed by atoms with Crippen LogP contribution in [-0.4, -0.2) is 16.7 Å². The third kappa shape index (κ3) is 2.48. The largest absolute Gasteiger partial charge is 0.487 e. The highest BCUT2D eigenvalue weighted by Gasteiger charge is 2.24. The van der Waals surface area contributed by atoms with Crippen LogP contribution in [0.4, 0.5) is 11.5 Å². The lowest BCUT2D eigenvalue weighted by molar-refractivity contribution is -0.385. The van der Waals surface area contributed by atoms with Crippen molar-refractivity contribution < 1.29 is 14.2 Å².